The molecule has 1 aliphatic heterocycles. The number of rotatable bonds is 6. The summed E-state index contributed by atoms with van der Waals surface area (Å²) < 4.78 is 10.5. The fourth-order valence-electron chi connectivity index (χ4n) is 3.86. The average molecular weight is 401 g/mol. The molecule has 0 aliphatic carbocycles. The number of Topliss-reactive ketones (excluding diaryl/α,β-unsaturated/α-hetero) is 1. The van der Waals surface area contributed by atoms with Crippen LogP contribution in [0.4, 0.5) is 5.69 Å². The van der Waals surface area contributed by atoms with E-state index in [0.717, 1.165) is 33.8 Å². The summed E-state index contributed by atoms with van der Waals surface area (Å²) in [5.74, 6) is 0.658. The summed E-state index contributed by atoms with van der Waals surface area (Å²) in [6, 6.07) is 19.5. The van der Waals surface area contributed by atoms with Gasteiger partial charge in [0.15, 0.2) is 0 Å². The zero-order chi connectivity index (χ0) is 21.3. The van der Waals surface area contributed by atoms with Crippen molar-refractivity contribution in [3.05, 3.63) is 88.5 Å². The Hall–Kier alpha value is -3.60. The molecular weight excluding hydrogens is 378 g/mol. The summed E-state index contributed by atoms with van der Waals surface area (Å²) in [6.45, 7) is 0. The van der Waals surface area contributed by atoms with Gasteiger partial charge < -0.3 is 14.4 Å². The first-order valence-corrected chi connectivity index (χ1v) is 9.75. The Morgan fingerprint density at radius 2 is 1.27 bits per heavy atom. The second-order valence-electron chi connectivity index (χ2n) is 7.34. The maximum atomic E-state index is 12.8. The van der Waals surface area contributed by atoms with Crippen LogP contribution < -0.4 is 14.4 Å². The van der Waals surface area contributed by atoms with Crippen molar-refractivity contribution in [2.24, 2.45) is 0 Å². The van der Waals surface area contributed by atoms with E-state index in [-0.39, 0.29) is 0 Å². The molecule has 1 amide bonds. The van der Waals surface area contributed by atoms with Crippen LogP contribution in [0.25, 0.3) is 0 Å². The van der Waals surface area contributed by atoms with Crippen molar-refractivity contribution in [2.75, 3.05) is 26.2 Å². The molecule has 0 saturated heterocycles. The van der Waals surface area contributed by atoms with Crippen LogP contribution >= 0.6 is 0 Å². The van der Waals surface area contributed by atoms with E-state index in [1.807, 2.05) is 60.7 Å². The number of fused-ring (bicyclic) bond motifs is 1. The number of ether oxygens (including phenoxy) is 2. The quantitative estimate of drug-likeness (QED) is 0.585. The van der Waals surface area contributed by atoms with Crippen molar-refractivity contribution in [1.82, 2.24) is 0 Å². The van der Waals surface area contributed by atoms with E-state index in [0.29, 0.717) is 24.1 Å². The van der Waals surface area contributed by atoms with Crippen LogP contribution in [0.5, 0.6) is 11.5 Å². The average Bonchev–Trinajstić information content (AvgIpc) is 3.00. The summed E-state index contributed by atoms with van der Waals surface area (Å²) in [5.41, 5.74) is 5.28. The lowest BCUT2D eigenvalue weighted by Gasteiger charge is -2.16. The number of carbonyl (C=O) groups excluding carboxylic acids is 2. The molecular formula is C25H23NO4. The third-order valence-corrected chi connectivity index (χ3v) is 5.57. The lowest BCUT2D eigenvalue weighted by atomic mass is 9.89. The molecule has 0 unspecified atom stereocenters. The van der Waals surface area contributed by atoms with Gasteiger partial charge >= 0.3 is 0 Å². The second kappa shape index (κ2) is 8.03. The maximum absolute atomic E-state index is 12.8. The van der Waals surface area contributed by atoms with Gasteiger partial charge in [-0.1, -0.05) is 30.3 Å². The van der Waals surface area contributed by atoms with E-state index in [1.165, 1.54) is 4.90 Å². The molecule has 0 atom stereocenters. The Balaban J connectivity index is 1.77. The van der Waals surface area contributed by atoms with E-state index in [1.54, 1.807) is 21.3 Å². The molecule has 0 saturated carbocycles. The van der Waals surface area contributed by atoms with Gasteiger partial charge in [-0.05, 0) is 65.4 Å². The zero-order valence-electron chi connectivity index (χ0n) is 17.3. The van der Waals surface area contributed by atoms with Crippen LogP contribution in [0.15, 0.2) is 60.7 Å². The van der Waals surface area contributed by atoms with E-state index in [9.17, 15) is 9.59 Å². The van der Waals surface area contributed by atoms with Gasteiger partial charge in [-0.15, -0.1) is 0 Å². The lowest BCUT2D eigenvalue weighted by molar-refractivity contribution is -0.114. The van der Waals surface area contributed by atoms with Gasteiger partial charge in [0.05, 0.1) is 25.5 Å². The minimum absolute atomic E-state index is 0.437. The first-order valence-electron chi connectivity index (χ1n) is 9.75. The molecule has 5 heteroatoms. The highest BCUT2D eigenvalue weighted by atomic mass is 16.5. The number of likely N-dealkylation sites (N-methyl/N-ethyl adjacent to an activating group) is 1. The van der Waals surface area contributed by atoms with E-state index in [2.05, 4.69) is 0 Å². The predicted molar refractivity (Wildman–Crippen MR) is 116 cm³/mol. The van der Waals surface area contributed by atoms with Gasteiger partial charge in [-0.3, -0.25) is 9.59 Å². The van der Waals surface area contributed by atoms with Gasteiger partial charge in [0, 0.05) is 7.05 Å². The zero-order valence-corrected chi connectivity index (χ0v) is 17.3. The fourth-order valence-corrected chi connectivity index (χ4v) is 3.86. The number of methoxy groups -OCH3 is 2. The van der Waals surface area contributed by atoms with Crippen LogP contribution in [0, 0.1) is 0 Å². The third kappa shape index (κ3) is 3.54. The van der Waals surface area contributed by atoms with Crippen molar-refractivity contribution in [2.45, 2.75) is 12.8 Å². The highest BCUT2D eigenvalue weighted by molar-refractivity contribution is 6.52. The molecule has 0 N–H and O–H groups in total. The highest BCUT2D eigenvalue weighted by Gasteiger charge is 2.36. The van der Waals surface area contributed by atoms with Crippen molar-refractivity contribution >= 4 is 17.4 Å². The molecule has 5 nitrogen and oxygen atoms in total. The number of hydrogen-bond donors (Lipinski definition) is 0. The molecule has 0 bridgehead atoms. The molecule has 3 aromatic carbocycles. The molecule has 0 aromatic heterocycles. The Kier molecular flexibility index (Phi) is 5.27. The Labute approximate surface area is 175 Å². The van der Waals surface area contributed by atoms with Crippen LogP contribution in [-0.2, 0) is 17.6 Å². The highest BCUT2D eigenvalue weighted by Crippen LogP contribution is 2.35. The molecule has 4 rings (SSSR count). The van der Waals surface area contributed by atoms with Crippen molar-refractivity contribution in [3.8, 4) is 11.5 Å². The van der Waals surface area contributed by atoms with Gasteiger partial charge in [0.1, 0.15) is 11.5 Å². The Morgan fingerprint density at radius 3 is 1.80 bits per heavy atom. The molecule has 152 valence electrons. The molecule has 0 fully saturated rings. The van der Waals surface area contributed by atoms with Gasteiger partial charge in [0.2, 0.25) is 0 Å². The third-order valence-electron chi connectivity index (χ3n) is 5.57. The van der Waals surface area contributed by atoms with Crippen molar-refractivity contribution in [1.29, 1.82) is 0 Å². The number of benzene rings is 3. The number of nitrogens with zero attached hydrogens (tertiary/aromatic N) is 1. The number of ketones is 1. The van der Waals surface area contributed by atoms with Crippen LogP contribution in [-0.4, -0.2) is 33.0 Å². The summed E-state index contributed by atoms with van der Waals surface area (Å²) in [5, 5.41) is 0. The van der Waals surface area contributed by atoms with Crippen molar-refractivity contribution in [3.63, 3.8) is 0 Å². The number of amides is 1. The van der Waals surface area contributed by atoms with Crippen molar-refractivity contribution < 1.29 is 19.1 Å². The Bertz CT molecular complexity index is 1100. The number of carbonyl (C=O) groups is 2. The molecule has 30 heavy (non-hydrogen) atoms. The first-order chi connectivity index (χ1) is 14.5. The summed E-state index contributed by atoms with van der Waals surface area (Å²) >= 11 is 0. The summed E-state index contributed by atoms with van der Waals surface area (Å²) in [7, 11) is 4.92. The lowest BCUT2D eigenvalue weighted by Crippen LogP contribution is -2.24. The minimum Gasteiger partial charge on any atom is -0.497 e. The van der Waals surface area contributed by atoms with Gasteiger partial charge in [0.25, 0.3) is 11.7 Å². The monoisotopic (exact) mass is 401 g/mol. The molecule has 3 aromatic rings. The smallest absolute Gasteiger partial charge is 0.299 e. The predicted octanol–water partition coefficient (Wildman–Crippen LogP) is 4.04. The Morgan fingerprint density at radius 1 is 0.733 bits per heavy atom. The minimum atomic E-state index is -0.484. The van der Waals surface area contributed by atoms with Crippen LogP contribution in [0.2, 0.25) is 0 Å². The SMILES string of the molecule is COc1ccc(Cc2ccc3c(c2Cc2ccc(OC)cc2)C(=O)C(=O)N3C)cc1. The fraction of sp³-hybridized carbons (Fsp3) is 0.200. The number of hydrogen-bond acceptors (Lipinski definition) is 4. The number of anilines is 1. The maximum Gasteiger partial charge on any atom is 0.299 e. The second-order valence-corrected chi connectivity index (χ2v) is 7.34. The van der Waals surface area contributed by atoms with E-state index in [4.69, 9.17) is 9.47 Å². The normalized spacial score (nSPS) is 12.8. The van der Waals surface area contributed by atoms with Gasteiger partial charge in [-0.2, -0.15) is 0 Å². The first kappa shape index (κ1) is 19.7. The van der Waals surface area contributed by atoms with Gasteiger partial charge in [-0.25, -0.2) is 0 Å². The van der Waals surface area contributed by atoms with E-state index < -0.39 is 11.7 Å². The van der Waals surface area contributed by atoms with Crippen LogP contribution in [0.1, 0.15) is 32.6 Å². The standard InChI is InChI=1S/C25H23NO4/c1-26-22-13-8-18(14-16-4-9-19(29-2)10-5-16)21(23(22)24(27)25(26)28)15-17-6-11-20(30-3)12-7-17/h4-13H,14-15H2,1-3H3. The summed E-state index contributed by atoms with van der Waals surface area (Å²) in [4.78, 5) is 26.6. The molecule has 1 aliphatic rings. The summed E-state index contributed by atoms with van der Waals surface area (Å²) in [6.07, 6.45) is 1.22. The largest absolute Gasteiger partial charge is 0.497 e. The topological polar surface area (TPSA) is 55.8 Å². The van der Waals surface area contributed by atoms with Crippen LogP contribution in [0.3, 0.4) is 0 Å². The molecule has 0 radical (unpaired) electrons. The molecule has 0 spiro atoms. The van der Waals surface area contributed by atoms with E-state index >= 15 is 0 Å². The molecule has 1 heterocycles.